The smallest absolute Gasteiger partial charge is 0.193 e. The number of aliphatic imine (C=N–C) groups is 1. The van der Waals surface area contributed by atoms with Crippen molar-refractivity contribution < 1.29 is 0 Å². The van der Waals surface area contributed by atoms with E-state index in [1.807, 2.05) is 11.3 Å². The van der Waals surface area contributed by atoms with Crippen molar-refractivity contribution in [3.8, 4) is 0 Å². The number of hydrogen-bond acceptors (Lipinski definition) is 3. The Morgan fingerprint density at radius 2 is 1.84 bits per heavy atom. The van der Waals surface area contributed by atoms with Crippen molar-refractivity contribution >= 4 is 17.3 Å². The fraction of sp³-hybridized carbons (Fsp3) is 0.450. The summed E-state index contributed by atoms with van der Waals surface area (Å²) in [6.07, 6.45) is 1.05. The monoisotopic (exact) mass is 358 g/mol. The average Bonchev–Trinajstić information content (AvgIpc) is 3.10. The number of thiophene rings is 1. The van der Waals surface area contributed by atoms with Crippen LogP contribution in [0.15, 0.2) is 46.8 Å². The van der Waals surface area contributed by atoms with Crippen LogP contribution in [-0.4, -0.2) is 50.0 Å². The number of likely N-dealkylation sites (N-methyl/N-ethyl adjacent to an activating group) is 1. The van der Waals surface area contributed by atoms with E-state index in [0.717, 1.165) is 32.0 Å². The van der Waals surface area contributed by atoms with Crippen molar-refractivity contribution in [2.45, 2.75) is 26.4 Å². The van der Waals surface area contributed by atoms with Gasteiger partial charge in [0.15, 0.2) is 5.96 Å². The highest BCUT2D eigenvalue weighted by atomic mass is 32.1. The summed E-state index contributed by atoms with van der Waals surface area (Å²) >= 11 is 1.82. The second kappa shape index (κ2) is 10.2. The van der Waals surface area contributed by atoms with Crippen LogP contribution >= 0.6 is 11.3 Å². The molecule has 1 aromatic heterocycles. The number of nitrogens with zero attached hydrogens (tertiary/aromatic N) is 3. The lowest BCUT2D eigenvalue weighted by Gasteiger charge is -2.22. The van der Waals surface area contributed by atoms with Crippen LogP contribution in [0, 0.1) is 0 Å². The van der Waals surface area contributed by atoms with Crippen LogP contribution in [-0.2, 0) is 19.5 Å². The quantitative estimate of drug-likeness (QED) is 0.579. The minimum Gasteiger partial charge on any atom is -0.357 e. The molecule has 0 aliphatic rings. The van der Waals surface area contributed by atoms with E-state index in [-0.39, 0.29) is 0 Å². The lowest BCUT2D eigenvalue weighted by atomic mass is 10.1. The SMILES string of the molecule is CCNC(=NCc1ccccc1CN(C)C)N(C)CCc1cccs1. The van der Waals surface area contributed by atoms with Crippen LogP contribution in [0.1, 0.15) is 22.9 Å². The van der Waals surface area contributed by atoms with E-state index in [4.69, 9.17) is 4.99 Å². The zero-order valence-corrected chi connectivity index (χ0v) is 16.6. The molecule has 0 aliphatic carbocycles. The molecule has 0 radical (unpaired) electrons. The number of nitrogens with one attached hydrogen (secondary N) is 1. The normalized spacial score (nSPS) is 11.8. The van der Waals surface area contributed by atoms with E-state index >= 15 is 0 Å². The summed E-state index contributed by atoms with van der Waals surface area (Å²) in [7, 11) is 6.31. The van der Waals surface area contributed by atoms with Gasteiger partial charge in [-0.05, 0) is 50.0 Å². The van der Waals surface area contributed by atoms with Crippen molar-refractivity contribution in [1.82, 2.24) is 15.1 Å². The van der Waals surface area contributed by atoms with E-state index in [2.05, 4.69) is 85.0 Å². The van der Waals surface area contributed by atoms with Crippen LogP contribution in [0.3, 0.4) is 0 Å². The molecule has 2 aromatic rings. The molecule has 1 N–H and O–H groups in total. The largest absolute Gasteiger partial charge is 0.357 e. The number of hydrogen-bond donors (Lipinski definition) is 1. The third kappa shape index (κ3) is 6.52. The van der Waals surface area contributed by atoms with Gasteiger partial charge >= 0.3 is 0 Å². The van der Waals surface area contributed by atoms with Gasteiger partial charge in [0.05, 0.1) is 6.54 Å². The highest BCUT2D eigenvalue weighted by Crippen LogP contribution is 2.13. The molecule has 0 spiro atoms. The van der Waals surface area contributed by atoms with E-state index in [1.165, 1.54) is 16.0 Å². The molecule has 0 fully saturated rings. The zero-order chi connectivity index (χ0) is 18.1. The Bertz CT molecular complexity index is 649. The van der Waals surface area contributed by atoms with Gasteiger partial charge in [-0.1, -0.05) is 30.3 Å². The number of guanidine groups is 1. The molecule has 0 atom stereocenters. The topological polar surface area (TPSA) is 30.9 Å². The van der Waals surface area contributed by atoms with E-state index < -0.39 is 0 Å². The molecule has 4 nitrogen and oxygen atoms in total. The van der Waals surface area contributed by atoms with Crippen molar-refractivity contribution in [2.24, 2.45) is 4.99 Å². The van der Waals surface area contributed by atoms with Gasteiger partial charge < -0.3 is 15.1 Å². The third-order valence-corrected chi connectivity index (χ3v) is 4.91. The molecule has 0 unspecified atom stereocenters. The molecule has 25 heavy (non-hydrogen) atoms. The maximum absolute atomic E-state index is 4.87. The van der Waals surface area contributed by atoms with Crippen molar-refractivity contribution in [2.75, 3.05) is 34.2 Å². The summed E-state index contributed by atoms with van der Waals surface area (Å²) < 4.78 is 0. The van der Waals surface area contributed by atoms with Gasteiger partial charge in [-0.15, -0.1) is 11.3 Å². The summed E-state index contributed by atoms with van der Waals surface area (Å²) in [5.74, 6) is 0.971. The first-order valence-corrected chi connectivity index (χ1v) is 9.71. The van der Waals surface area contributed by atoms with Gasteiger partial charge in [0.1, 0.15) is 0 Å². The van der Waals surface area contributed by atoms with Crippen LogP contribution in [0.25, 0.3) is 0 Å². The minimum atomic E-state index is 0.704. The van der Waals surface area contributed by atoms with Gasteiger partial charge in [0.2, 0.25) is 0 Å². The molecule has 0 amide bonds. The zero-order valence-electron chi connectivity index (χ0n) is 15.8. The molecule has 0 saturated heterocycles. The minimum absolute atomic E-state index is 0.704. The predicted molar refractivity (Wildman–Crippen MR) is 109 cm³/mol. The Morgan fingerprint density at radius 3 is 2.48 bits per heavy atom. The van der Waals surface area contributed by atoms with Gasteiger partial charge in [-0.25, -0.2) is 4.99 Å². The van der Waals surface area contributed by atoms with E-state index in [1.54, 1.807) is 0 Å². The Morgan fingerprint density at radius 1 is 1.08 bits per heavy atom. The van der Waals surface area contributed by atoms with E-state index in [0.29, 0.717) is 6.54 Å². The molecule has 1 aromatic carbocycles. The average molecular weight is 359 g/mol. The van der Waals surface area contributed by atoms with Crippen LogP contribution in [0.4, 0.5) is 0 Å². The molecule has 136 valence electrons. The first-order valence-electron chi connectivity index (χ1n) is 8.83. The molecule has 2 rings (SSSR count). The Balaban J connectivity index is 2.03. The standard InChI is InChI=1S/C20H30N4S/c1-5-21-20(24(4)13-12-19-11-8-14-25-19)22-15-17-9-6-7-10-18(17)16-23(2)3/h6-11,14H,5,12-13,15-16H2,1-4H3,(H,21,22). The van der Waals surface area contributed by atoms with Gasteiger partial charge in [0.25, 0.3) is 0 Å². The maximum atomic E-state index is 4.87. The first-order chi connectivity index (χ1) is 12.1. The first kappa shape index (κ1) is 19.5. The third-order valence-electron chi connectivity index (χ3n) is 3.97. The fourth-order valence-corrected chi connectivity index (χ4v) is 3.37. The second-order valence-corrected chi connectivity index (χ2v) is 7.46. The lowest BCUT2D eigenvalue weighted by molar-refractivity contribution is 0.401. The Labute approximate surface area is 156 Å². The summed E-state index contributed by atoms with van der Waals surface area (Å²) in [5.41, 5.74) is 2.63. The fourth-order valence-electron chi connectivity index (χ4n) is 2.68. The van der Waals surface area contributed by atoms with Crippen LogP contribution in [0.5, 0.6) is 0 Å². The second-order valence-electron chi connectivity index (χ2n) is 6.43. The van der Waals surface area contributed by atoms with Crippen molar-refractivity contribution in [3.63, 3.8) is 0 Å². The van der Waals surface area contributed by atoms with Crippen LogP contribution < -0.4 is 5.32 Å². The van der Waals surface area contributed by atoms with Crippen molar-refractivity contribution in [1.29, 1.82) is 0 Å². The molecule has 0 aliphatic heterocycles. The van der Waals surface area contributed by atoms with Crippen molar-refractivity contribution in [3.05, 3.63) is 57.8 Å². The molecular formula is C20H30N4S. The summed E-state index contributed by atoms with van der Waals surface area (Å²) in [5, 5.41) is 5.55. The van der Waals surface area contributed by atoms with Gasteiger partial charge in [-0.3, -0.25) is 0 Å². The molecule has 0 bridgehead atoms. The van der Waals surface area contributed by atoms with Crippen LogP contribution in [0.2, 0.25) is 0 Å². The van der Waals surface area contributed by atoms with Gasteiger partial charge in [0, 0.05) is 31.6 Å². The highest BCUT2D eigenvalue weighted by Gasteiger charge is 2.08. The number of benzene rings is 1. The predicted octanol–water partition coefficient (Wildman–Crippen LogP) is 3.45. The molecular weight excluding hydrogens is 328 g/mol. The molecule has 1 heterocycles. The Kier molecular flexibility index (Phi) is 7.95. The lowest BCUT2D eigenvalue weighted by Crippen LogP contribution is -2.39. The highest BCUT2D eigenvalue weighted by molar-refractivity contribution is 7.09. The molecule has 5 heteroatoms. The Hall–Kier alpha value is -1.85. The molecule has 0 saturated carbocycles. The summed E-state index contributed by atoms with van der Waals surface area (Å²) in [6, 6.07) is 12.9. The van der Waals surface area contributed by atoms with Gasteiger partial charge in [-0.2, -0.15) is 0 Å². The maximum Gasteiger partial charge on any atom is 0.193 e. The summed E-state index contributed by atoms with van der Waals surface area (Å²) in [6.45, 7) is 5.60. The van der Waals surface area contributed by atoms with E-state index in [9.17, 15) is 0 Å². The number of rotatable bonds is 8. The summed E-state index contributed by atoms with van der Waals surface area (Å²) in [4.78, 5) is 10.7.